The Morgan fingerprint density at radius 3 is 2.54 bits per heavy atom. The third-order valence-corrected chi connectivity index (χ3v) is 3.92. The zero-order valence-corrected chi connectivity index (χ0v) is 15.9. The Labute approximate surface area is 163 Å². The summed E-state index contributed by atoms with van der Waals surface area (Å²) in [4.78, 5) is 16.6. The molecule has 0 saturated heterocycles. The van der Waals surface area contributed by atoms with Crippen molar-refractivity contribution in [3.63, 3.8) is 0 Å². The standard InChI is InChI=1S/C18H16ClF3N4O2/c1-17(2,3)16(27)24-11-8-10(4-5-13(11)28-18(20,21)22)12-9-26-15(23-12)7-6-14(19)25-26/h4-9H,1-3H3,(H,24,27). The van der Waals surface area contributed by atoms with Crippen molar-refractivity contribution in [1.82, 2.24) is 14.6 Å². The number of imidazole rings is 1. The molecule has 3 aromatic rings. The Balaban J connectivity index is 2.04. The number of nitrogens with zero attached hydrogens (tertiary/aromatic N) is 3. The highest BCUT2D eigenvalue weighted by Crippen LogP contribution is 2.35. The van der Waals surface area contributed by atoms with Gasteiger partial charge in [-0.1, -0.05) is 32.4 Å². The lowest BCUT2D eigenvalue weighted by atomic mass is 9.95. The van der Waals surface area contributed by atoms with Gasteiger partial charge in [-0.05, 0) is 30.3 Å². The van der Waals surface area contributed by atoms with Gasteiger partial charge in [0, 0.05) is 11.0 Å². The Bertz CT molecular complexity index is 1040. The van der Waals surface area contributed by atoms with Gasteiger partial charge in [-0.15, -0.1) is 13.2 Å². The van der Waals surface area contributed by atoms with Crippen LogP contribution in [0, 0.1) is 5.41 Å². The van der Waals surface area contributed by atoms with Crippen LogP contribution < -0.4 is 10.1 Å². The second-order valence-corrected chi connectivity index (χ2v) is 7.44. The number of hydrogen-bond donors (Lipinski definition) is 1. The molecule has 0 saturated carbocycles. The lowest BCUT2D eigenvalue weighted by Crippen LogP contribution is -2.28. The van der Waals surface area contributed by atoms with Crippen LogP contribution in [0.15, 0.2) is 36.5 Å². The molecular formula is C18H16ClF3N4O2. The molecule has 0 bridgehead atoms. The van der Waals surface area contributed by atoms with Crippen LogP contribution in [0.5, 0.6) is 5.75 Å². The highest BCUT2D eigenvalue weighted by atomic mass is 35.5. The van der Waals surface area contributed by atoms with Crippen LogP contribution in [0.3, 0.4) is 0 Å². The molecule has 1 N–H and O–H groups in total. The topological polar surface area (TPSA) is 68.5 Å². The van der Waals surface area contributed by atoms with Crippen molar-refractivity contribution in [3.05, 3.63) is 41.7 Å². The van der Waals surface area contributed by atoms with Crippen LogP contribution in [-0.2, 0) is 4.79 Å². The fraction of sp³-hybridized carbons (Fsp3) is 0.278. The Kier molecular flexibility index (Phi) is 4.97. The molecule has 0 radical (unpaired) electrons. The molecule has 0 aliphatic heterocycles. The summed E-state index contributed by atoms with van der Waals surface area (Å²) in [5.74, 6) is -0.973. The van der Waals surface area contributed by atoms with Crippen molar-refractivity contribution in [1.29, 1.82) is 0 Å². The van der Waals surface area contributed by atoms with Crippen molar-refractivity contribution in [2.24, 2.45) is 5.41 Å². The molecule has 0 spiro atoms. The summed E-state index contributed by atoms with van der Waals surface area (Å²) in [7, 11) is 0. The predicted molar refractivity (Wildman–Crippen MR) is 98.2 cm³/mol. The van der Waals surface area contributed by atoms with Gasteiger partial charge in [0.1, 0.15) is 5.15 Å². The molecule has 1 amide bonds. The summed E-state index contributed by atoms with van der Waals surface area (Å²) in [5, 5.41) is 6.83. The average molecular weight is 413 g/mol. The number of ether oxygens (including phenoxy) is 1. The first kappa shape index (κ1) is 19.9. The van der Waals surface area contributed by atoms with Crippen LogP contribution in [0.2, 0.25) is 5.15 Å². The van der Waals surface area contributed by atoms with E-state index in [0.717, 1.165) is 6.07 Å². The van der Waals surface area contributed by atoms with E-state index in [2.05, 4.69) is 20.1 Å². The van der Waals surface area contributed by atoms with E-state index in [9.17, 15) is 18.0 Å². The number of alkyl halides is 3. The monoisotopic (exact) mass is 412 g/mol. The Morgan fingerprint density at radius 1 is 1.18 bits per heavy atom. The minimum atomic E-state index is -4.90. The molecule has 28 heavy (non-hydrogen) atoms. The van der Waals surface area contributed by atoms with Gasteiger partial charge in [0.05, 0.1) is 17.6 Å². The molecule has 0 unspecified atom stereocenters. The number of amides is 1. The maximum atomic E-state index is 12.7. The van der Waals surface area contributed by atoms with Gasteiger partial charge in [-0.2, -0.15) is 5.10 Å². The maximum Gasteiger partial charge on any atom is 0.573 e. The van der Waals surface area contributed by atoms with Gasteiger partial charge >= 0.3 is 6.36 Å². The first-order valence-corrected chi connectivity index (χ1v) is 8.54. The number of halogens is 4. The molecule has 3 rings (SSSR count). The minimum absolute atomic E-state index is 0.113. The van der Waals surface area contributed by atoms with E-state index in [0.29, 0.717) is 16.9 Å². The zero-order chi connectivity index (χ0) is 20.7. The fourth-order valence-electron chi connectivity index (χ4n) is 2.31. The highest BCUT2D eigenvalue weighted by Gasteiger charge is 2.33. The summed E-state index contributed by atoms with van der Waals surface area (Å²) < 4.78 is 43.7. The predicted octanol–water partition coefficient (Wildman–Crippen LogP) is 4.93. The van der Waals surface area contributed by atoms with Crippen LogP contribution in [0.1, 0.15) is 20.8 Å². The number of carbonyl (C=O) groups excluding carboxylic acids is 1. The van der Waals surface area contributed by atoms with Crippen LogP contribution in [0.25, 0.3) is 16.9 Å². The van der Waals surface area contributed by atoms with E-state index < -0.39 is 23.4 Å². The number of aromatic nitrogens is 3. The second-order valence-electron chi connectivity index (χ2n) is 7.05. The molecule has 0 atom stereocenters. The number of anilines is 1. The zero-order valence-electron chi connectivity index (χ0n) is 15.1. The largest absolute Gasteiger partial charge is 0.573 e. The molecule has 10 heteroatoms. The van der Waals surface area contributed by atoms with Crippen LogP contribution >= 0.6 is 11.6 Å². The van der Waals surface area contributed by atoms with Gasteiger partial charge < -0.3 is 10.1 Å². The number of carbonyl (C=O) groups is 1. The molecular weight excluding hydrogens is 397 g/mol. The van der Waals surface area contributed by atoms with E-state index >= 15 is 0 Å². The third-order valence-electron chi connectivity index (χ3n) is 3.72. The van der Waals surface area contributed by atoms with E-state index in [1.54, 1.807) is 39.1 Å². The van der Waals surface area contributed by atoms with Crippen LogP contribution in [-0.4, -0.2) is 26.9 Å². The molecule has 2 heterocycles. The minimum Gasteiger partial charge on any atom is -0.404 e. The fourth-order valence-corrected chi connectivity index (χ4v) is 2.45. The molecule has 0 aliphatic rings. The lowest BCUT2D eigenvalue weighted by Gasteiger charge is -2.20. The van der Waals surface area contributed by atoms with Gasteiger partial charge in [0.2, 0.25) is 5.91 Å². The molecule has 148 valence electrons. The first-order valence-electron chi connectivity index (χ1n) is 8.16. The van der Waals surface area contributed by atoms with E-state index in [1.165, 1.54) is 16.6 Å². The van der Waals surface area contributed by atoms with Crippen molar-refractivity contribution in [2.75, 3.05) is 5.32 Å². The molecule has 1 aromatic carbocycles. The van der Waals surface area contributed by atoms with Crippen molar-refractivity contribution in [2.45, 2.75) is 27.1 Å². The summed E-state index contributed by atoms with van der Waals surface area (Å²) in [6.45, 7) is 4.94. The first-order chi connectivity index (χ1) is 12.9. The molecule has 6 nitrogen and oxygen atoms in total. The smallest absolute Gasteiger partial charge is 0.404 e. The summed E-state index contributed by atoms with van der Waals surface area (Å²) in [6.07, 6.45) is -3.32. The van der Waals surface area contributed by atoms with E-state index in [4.69, 9.17) is 11.6 Å². The third kappa shape index (κ3) is 4.53. The van der Waals surface area contributed by atoms with Crippen molar-refractivity contribution >= 4 is 28.8 Å². The normalized spacial score (nSPS) is 12.2. The molecule has 2 aromatic heterocycles. The van der Waals surface area contributed by atoms with Crippen molar-refractivity contribution < 1.29 is 22.7 Å². The highest BCUT2D eigenvalue weighted by molar-refractivity contribution is 6.29. The summed E-state index contributed by atoms with van der Waals surface area (Å²) in [5.41, 5.74) is 0.503. The maximum absolute atomic E-state index is 12.7. The van der Waals surface area contributed by atoms with Gasteiger partial charge in [-0.3, -0.25) is 4.79 Å². The summed E-state index contributed by atoms with van der Waals surface area (Å²) >= 11 is 5.85. The Hall–Kier alpha value is -2.81. The van der Waals surface area contributed by atoms with Crippen molar-refractivity contribution in [3.8, 4) is 17.0 Å². The number of nitrogens with one attached hydrogen (secondary N) is 1. The number of fused-ring (bicyclic) bond motifs is 1. The van der Waals surface area contributed by atoms with Crippen LogP contribution in [0.4, 0.5) is 18.9 Å². The Morgan fingerprint density at radius 2 is 1.89 bits per heavy atom. The van der Waals surface area contributed by atoms with Gasteiger partial charge in [-0.25, -0.2) is 9.50 Å². The van der Waals surface area contributed by atoms with Gasteiger partial charge in [0.15, 0.2) is 11.4 Å². The quantitative estimate of drug-likeness (QED) is 0.662. The number of rotatable bonds is 3. The molecule has 0 aliphatic carbocycles. The summed E-state index contributed by atoms with van der Waals surface area (Å²) in [6, 6.07) is 7.14. The molecule has 0 fully saturated rings. The number of benzene rings is 1. The van der Waals surface area contributed by atoms with E-state index in [-0.39, 0.29) is 10.8 Å². The lowest BCUT2D eigenvalue weighted by molar-refractivity contribution is -0.274. The second kappa shape index (κ2) is 6.97. The average Bonchev–Trinajstić information content (AvgIpc) is 2.97. The van der Waals surface area contributed by atoms with Gasteiger partial charge in [0.25, 0.3) is 0 Å². The SMILES string of the molecule is CC(C)(C)C(=O)Nc1cc(-c2cn3nc(Cl)ccc3n2)ccc1OC(F)(F)F. The number of hydrogen-bond acceptors (Lipinski definition) is 4. The van der Waals surface area contributed by atoms with E-state index in [1.807, 2.05) is 0 Å².